The van der Waals surface area contributed by atoms with Gasteiger partial charge in [-0.2, -0.15) is 0 Å². The first-order chi connectivity index (χ1) is 9.60. The van der Waals surface area contributed by atoms with E-state index in [0.29, 0.717) is 17.0 Å². The Morgan fingerprint density at radius 2 is 2.00 bits per heavy atom. The molecule has 6 heteroatoms. The Hall–Kier alpha value is -1.50. The van der Waals surface area contributed by atoms with E-state index >= 15 is 0 Å². The average Bonchev–Trinajstić information content (AvgIpc) is 2.44. The SMILES string of the molecule is COc1ccc(B(O)O)c(CSc2cccc(F)c2)c1. The second-order valence-corrected chi connectivity index (χ2v) is 5.23. The van der Waals surface area contributed by atoms with Crippen LogP contribution in [0.3, 0.4) is 0 Å². The molecule has 2 rings (SSSR count). The summed E-state index contributed by atoms with van der Waals surface area (Å²) in [5.41, 5.74) is 1.17. The van der Waals surface area contributed by atoms with Crippen LogP contribution in [0, 0.1) is 5.82 Å². The molecule has 20 heavy (non-hydrogen) atoms. The van der Waals surface area contributed by atoms with Crippen LogP contribution in [0.25, 0.3) is 0 Å². The summed E-state index contributed by atoms with van der Waals surface area (Å²) >= 11 is 1.42. The first-order valence-electron chi connectivity index (χ1n) is 6.01. The van der Waals surface area contributed by atoms with Crippen molar-refractivity contribution in [2.24, 2.45) is 0 Å². The summed E-state index contributed by atoms with van der Waals surface area (Å²) < 4.78 is 18.2. The van der Waals surface area contributed by atoms with Gasteiger partial charge in [0.25, 0.3) is 0 Å². The minimum Gasteiger partial charge on any atom is -0.497 e. The quantitative estimate of drug-likeness (QED) is 0.652. The lowest BCUT2D eigenvalue weighted by atomic mass is 9.77. The molecule has 2 N–H and O–H groups in total. The monoisotopic (exact) mass is 292 g/mol. The Balaban J connectivity index is 2.19. The smallest absolute Gasteiger partial charge is 0.488 e. The summed E-state index contributed by atoms with van der Waals surface area (Å²) in [6, 6.07) is 11.3. The third kappa shape index (κ3) is 3.76. The minimum atomic E-state index is -1.54. The molecule has 0 bridgehead atoms. The van der Waals surface area contributed by atoms with Crippen LogP contribution in [-0.4, -0.2) is 24.3 Å². The van der Waals surface area contributed by atoms with E-state index in [1.54, 1.807) is 31.4 Å². The number of benzene rings is 2. The van der Waals surface area contributed by atoms with Gasteiger partial charge in [0, 0.05) is 10.6 Å². The van der Waals surface area contributed by atoms with Gasteiger partial charge in [-0.3, -0.25) is 0 Å². The third-order valence-electron chi connectivity index (χ3n) is 2.82. The van der Waals surface area contributed by atoms with Gasteiger partial charge in [0.15, 0.2) is 0 Å². The molecule has 0 aliphatic carbocycles. The Morgan fingerprint density at radius 3 is 2.65 bits per heavy atom. The fourth-order valence-corrected chi connectivity index (χ4v) is 2.75. The van der Waals surface area contributed by atoms with E-state index in [1.165, 1.54) is 23.9 Å². The molecule has 104 valence electrons. The molecular weight excluding hydrogens is 278 g/mol. The van der Waals surface area contributed by atoms with Crippen molar-refractivity contribution in [3.05, 3.63) is 53.8 Å². The Bertz CT molecular complexity index is 592. The van der Waals surface area contributed by atoms with Gasteiger partial charge in [0.1, 0.15) is 11.6 Å². The molecule has 0 aromatic heterocycles. The lowest BCUT2D eigenvalue weighted by Crippen LogP contribution is -2.32. The van der Waals surface area contributed by atoms with E-state index in [4.69, 9.17) is 4.74 Å². The van der Waals surface area contributed by atoms with Crippen LogP contribution < -0.4 is 10.2 Å². The van der Waals surface area contributed by atoms with Gasteiger partial charge in [-0.25, -0.2) is 4.39 Å². The van der Waals surface area contributed by atoms with Crippen molar-refractivity contribution in [1.29, 1.82) is 0 Å². The van der Waals surface area contributed by atoms with Gasteiger partial charge in [0.05, 0.1) is 7.11 Å². The second kappa shape index (κ2) is 6.79. The fraction of sp³-hybridized carbons (Fsp3) is 0.143. The molecule has 0 heterocycles. The molecular formula is C14H14BFO3S. The highest BCUT2D eigenvalue weighted by atomic mass is 32.2. The number of halogens is 1. The van der Waals surface area contributed by atoms with Crippen molar-refractivity contribution < 1.29 is 19.2 Å². The van der Waals surface area contributed by atoms with E-state index in [1.807, 2.05) is 6.07 Å². The highest BCUT2D eigenvalue weighted by Crippen LogP contribution is 2.24. The number of hydrogen-bond acceptors (Lipinski definition) is 4. The Kier molecular flexibility index (Phi) is 5.06. The fourth-order valence-electron chi connectivity index (χ4n) is 1.80. The summed E-state index contributed by atoms with van der Waals surface area (Å²) in [6.07, 6.45) is 0. The number of thioether (sulfide) groups is 1. The number of ether oxygens (including phenoxy) is 1. The van der Waals surface area contributed by atoms with Gasteiger partial charge >= 0.3 is 7.12 Å². The summed E-state index contributed by atoms with van der Waals surface area (Å²) in [7, 11) is 0.0115. The van der Waals surface area contributed by atoms with Crippen molar-refractivity contribution in [3.8, 4) is 5.75 Å². The van der Waals surface area contributed by atoms with Crippen LogP contribution in [-0.2, 0) is 5.75 Å². The molecule has 3 nitrogen and oxygen atoms in total. The highest BCUT2D eigenvalue weighted by molar-refractivity contribution is 7.98. The zero-order valence-corrected chi connectivity index (χ0v) is 11.7. The number of rotatable bonds is 5. The first kappa shape index (κ1) is 14.9. The van der Waals surface area contributed by atoms with E-state index in [2.05, 4.69) is 0 Å². The lowest BCUT2D eigenvalue weighted by molar-refractivity contribution is 0.413. The van der Waals surface area contributed by atoms with Crippen LogP contribution in [0.15, 0.2) is 47.4 Å². The molecule has 0 aliphatic rings. The van der Waals surface area contributed by atoms with Gasteiger partial charge in [-0.05, 0) is 41.4 Å². The number of methoxy groups -OCH3 is 1. The van der Waals surface area contributed by atoms with E-state index < -0.39 is 7.12 Å². The van der Waals surface area contributed by atoms with Crippen molar-refractivity contribution in [2.45, 2.75) is 10.6 Å². The molecule has 0 spiro atoms. The Labute approximate surface area is 121 Å². The van der Waals surface area contributed by atoms with E-state index in [-0.39, 0.29) is 5.82 Å². The van der Waals surface area contributed by atoms with E-state index in [0.717, 1.165) is 10.5 Å². The zero-order chi connectivity index (χ0) is 14.5. The van der Waals surface area contributed by atoms with Gasteiger partial charge in [0.2, 0.25) is 0 Å². The summed E-state index contributed by atoms with van der Waals surface area (Å²) in [5.74, 6) is 0.848. The summed E-state index contributed by atoms with van der Waals surface area (Å²) in [4.78, 5) is 0.784. The molecule has 0 saturated heterocycles. The zero-order valence-electron chi connectivity index (χ0n) is 10.9. The maximum atomic E-state index is 13.1. The summed E-state index contributed by atoms with van der Waals surface area (Å²) in [6.45, 7) is 0. The standard InChI is InChI=1S/C14H14BFO3S/c1-19-12-5-6-14(15(17)18)10(7-12)9-20-13-4-2-3-11(16)8-13/h2-8,17-18H,9H2,1H3. The molecule has 0 atom stereocenters. The van der Waals surface area contributed by atoms with Crippen molar-refractivity contribution in [1.82, 2.24) is 0 Å². The topological polar surface area (TPSA) is 49.7 Å². The van der Waals surface area contributed by atoms with Gasteiger partial charge in [-0.15, -0.1) is 11.8 Å². The maximum absolute atomic E-state index is 13.1. The van der Waals surface area contributed by atoms with Gasteiger partial charge < -0.3 is 14.8 Å². The lowest BCUT2D eigenvalue weighted by Gasteiger charge is -2.11. The molecule has 0 aliphatic heterocycles. The molecule has 0 saturated carbocycles. The van der Waals surface area contributed by atoms with Gasteiger partial charge in [-0.1, -0.05) is 12.1 Å². The van der Waals surface area contributed by atoms with Crippen LogP contribution in [0.5, 0.6) is 5.75 Å². The van der Waals surface area contributed by atoms with Crippen LogP contribution in [0.2, 0.25) is 0 Å². The van der Waals surface area contributed by atoms with E-state index in [9.17, 15) is 14.4 Å². The van der Waals surface area contributed by atoms with Crippen LogP contribution in [0.4, 0.5) is 4.39 Å². The minimum absolute atomic E-state index is 0.289. The Morgan fingerprint density at radius 1 is 1.20 bits per heavy atom. The highest BCUT2D eigenvalue weighted by Gasteiger charge is 2.16. The largest absolute Gasteiger partial charge is 0.497 e. The predicted molar refractivity (Wildman–Crippen MR) is 78.8 cm³/mol. The molecule has 0 amide bonds. The average molecular weight is 292 g/mol. The number of hydrogen-bond donors (Lipinski definition) is 2. The van der Waals surface area contributed by atoms with Crippen molar-refractivity contribution in [3.63, 3.8) is 0 Å². The molecule has 0 unspecified atom stereocenters. The third-order valence-corrected chi connectivity index (χ3v) is 3.86. The maximum Gasteiger partial charge on any atom is 0.488 e. The van der Waals surface area contributed by atoms with Crippen LogP contribution >= 0.6 is 11.8 Å². The van der Waals surface area contributed by atoms with Crippen LogP contribution in [0.1, 0.15) is 5.56 Å². The normalized spacial score (nSPS) is 10.4. The van der Waals surface area contributed by atoms with Crippen molar-refractivity contribution >= 4 is 24.3 Å². The molecule has 2 aromatic rings. The first-order valence-corrected chi connectivity index (χ1v) is 7.00. The van der Waals surface area contributed by atoms with Crippen molar-refractivity contribution in [2.75, 3.05) is 7.11 Å². The summed E-state index contributed by atoms with van der Waals surface area (Å²) in [5, 5.41) is 18.7. The second-order valence-electron chi connectivity index (χ2n) is 4.18. The molecule has 0 radical (unpaired) electrons. The molecule has 0 fully saturated rings. The molecule has 2 aromatic carbocycles. The predicted octanol–water partition coefficient (Wildman–Crippen LogP) is 1.81.